The molecular formula is C38H38N2O8. The number of carbonyl (C=O) groups excluding carboxylic acids is 4. The van der Waals surface area contributed by atoms with Crippen molar-refractivity contribution in [1.82, 2.24) is 9.80 Å². The summed E-state index contributed by atoms with van der Waals surface area (Å²) in [5, 5.41) is 0. The lowest BCUT2D eigenvalue weighted by Crippen LogP contribution is -2.64. The maximum Gasteiger partial charge on any atom is 0.310 e. The van der Waals surface area contributed by atoms with E-state index in [0.717, 1.165) is 11.1 Å². The van der Waals surface area contributed by atoms with Crippen LogP contribution in [0.2, 0.25) is 0 Å². The van der Waals surface area contributed by atoms with Crippen LogP contribution in [0.15, 0.2) is 109 Å². The molecule has 0 saturated heterocycles. The first-order valence-electron chi connectivity index (χ1n) is 15.5. The third-order valence-electron chi connectivity index (χ3n) is 8.46. The lowest BCUT2D eigenvalue weighted by atomic mass is 9.55. The van der Waals surface area contributed by atoms with Gasteiger partial charge in [0.25, 0.3) is 0 Å². The van der Waals surface area contributed by atoms with Crippen LogP contribution in [0.5, 0.6) is 23.0 Å². The zero-order valence-electron chi connectivity index (χ0n) is 27.3. The Kier molecular flexibility index (Phi) is 10.7. The molecule has 10 nitrogen and oxygen atoms in total. The van der Waals surface area contributed by atoms with Crippen LogP contribution in [0.25, 0.3) is 0 Å². The normalized spacial score (nSPS) is 18.1. The van der Waals surface area contributed by atoms with E-state index in [9.17, 15) is 19.2 Å². The summed E-state index contributed by atoms with van der Waals surface area (Å²) in [5.41, 5.74) is 1.62. The summed E-state index contributed by atoms with van der Waals surface area (Å²) < 4.78 is 21.8. The molecule has 0 bridgehead atoms. The zero-order valence-corrected chi connectivity index (χ0v) is 27.3. The lowest BCUT2D eigenvalue weighted by Gasteiger charge is -2.48. The Bertz CT molecular complexity index is 1570. The van der Waals surface area contributed by atoms with E-state index in [2.05, 4.69) is 0 Å². The van der Waals surface area contributed by atoms with Gasteiger partial charge in [-0.2, -0.15) is 0 Å². The molecule has 5 rings (SSSR count). The molecule has 1 aliphatic carbocycles. The molecule has 1 saturated carbocycles. The van der Waals surface area contributed by atoms with Crippen molar-refractivity contribution in [1.29, 1.82) is 0 Å². The maximum atomic E-state index is 13.8. The molecule has 0 radical (unpaired) electrons. The van der Waals surface area contributed by atoms with Gasteiger partial charge in [-0.1, -0.05) is 60.7 Å². The summed E-state index contributed by atoms with van der Waals surface area (Å²) in [4.78, 5) is 56.7. The van der Waals surface area contributed by atoms with Gasteiger partial charge in [0.1, 0.15) is 23.0 Å². The molecule has 248 valence electrons. The molecule has 0 atom stereocenters. The van der Waals surface area contributed by atoms with Crippen LogP contribution in [-0.2, 0) is 41.7 Å². The minimum absolute atomic E-state index is 0.200. The first-order valence-corrected chi connectivity index (χ1v) is 15.5. The summed E-state index contributed by atoms with van der Waals surface area (Å²) in [6, 6.07) is 33.3. The van der Waals surface area contributed by atoms with Crippen molar-refractivity contribution < 1.29 is 38.1 Å². The Hall–Kier alpha value is -5.64. The van der Waals surface area contributed by atoms with Gasteiger partial charge in [-0.05, 0) is 59.7 Å². The van der Waals surface area contributed by atoms with E-state index in [1.165, 1.54) is 24.0 Å². The third kappa shape index (κ3) is 7.66. The largest absolute Gasteiger partial charge is 0.469 e. The number of hydrogen-bond donors (Lipinski definition) is 0. The summed E-state index contributed by atoms with van der Waals surface area (Å²) in [6.45, 7) is 0.399. The van der Waals surface area contributed by atoms with Crippen LogP contribution in [0.4, 0.5) is 0 Å². The molecule has 0 heterocycles. The van der Waals surface area contributed by atoms with Gasteiger partial charge in [-0.3, -0.25) is 19.2 Å². The van der Waals surface area contributed by atoms with Gasteiger partial charge >= 0.3 is 11.9 Å². The number of hydrogen-bond acceptors (Lipinski definition) is 8. The number of nitrogens with zero attached hydrogens (tertiary/aromatic N) is 2. The number of methoxy groups -OCH3 is 2. The van der Waals surface area contributed by atoms with Crippen molar-refractivity contribution in [2.75, 3.05) is 28.3 Å². The number of amides is 2. The van der Waals surface area contributed by atoms with Crippen LogP contribution in [-0.4, -0.2) is 61.9 Å². The summed E-state index contributed by atoms with van der Waals surface area (Å²) in [7, 11) is 5.57. The van der Waals surface area contributed by atoms with E-state index in [0.29, 0.717) is 23.0 Å². The fourth-order valence-electron chi connectivity index (χ4n) is 6.01. The van der Waals surface area contributed by atoms with Gasteiger partial charge in [0.15, 0.2) is 0 Å². The van der Waals surface area contributed by atoms with Crippen LogP contribution >= 0.6 is 0 Å². The molecule has 2 amide bonds. The van der Waals surface area contributed by atoms with Crippen molar-refractivity contribution in [2.24, 2.45) is 23.7 Å². The predicted octanol–water partition coefficient (Wildman–Crippen LogP) is 5.71. The van der Waals surface area contributed by atoms with Crippen molar-refractivity contribution in [2.45, 2.75) is 13.1 Å². The molecule has 0 N–H and O–H groups in total. The molecule has 10 heteroatoms. The fraction of sp³-hybridized carbons (Fsp3) is 0.263. The number of carbonyl (C=O) groups is 4. The monoisotopic (exact) mass is 650 g/mol. The second-order valence-electron chi connectivity index (χ2n) is 11.7. The molecular weight excluding hydrogens is 612 g/mol. The Morgan fingerprint density at radius 2 is 0.792 bits per heavy atom. The minimum atomic E-state index is -1.16. The fourth-order valence-corrected chi connectivity index (χ4v) is 6.01. The minimum Gasteiger partial charge on any atom is -0.469 e. The highest BCUT2D eigenvalue weighted by atomic mass is 16.5. The molecule has 1 fully saturated rings. The molecule has 0 aliphatic heterocycles. The smallest absolute Gasteiger partial charge is 0.310 e. The summed E-state index contributed by atoms with van der Waals surface area (Å²) in [5.74, 6) is -4.32. The van der Waals surface area contributed by atoms with E-state index in [1.54, 1.807) is 38.4 Å². The first kappa shape index (κ1) is 33.7. The molecule has 48 heavy (non-hydrogen) atoms. The second-order valence-corrected chi connectivity index (χ2v) is 11.7. The second kappa shape index (κ2) is 15.3. The van der Waals surface area contributed by atoms with Crippen molar-refractivity contribution in [3.8, 4) is 23.0 Å². The molecule has 0 spiro atoms. The average Bonchev–Trinajstić information content (AvgIpc) is 3.10. The number of benzene rings is 4. The number of rotatable bonds is 12. The Balaban J connectivity index is 1.27. The van der Waals surface area contributed by atoms with Crippen molar-refractivity contribution >= 4 is 23.8 Å². The first-order chi connectivity index (χ1) is 23.2. The molecule has 4 aromatic rings. The van der Waals surface area contributed by atoms with Gasteiger partial charge in [-0.25, -0.2) is 0 Å². The van der Waals surface area contributed by atoms with Gasteiger partial charge in [0.05, 0.1) is 37.9 Å². The predicted molar refractivity (Wildman–Crippen MR) is 177 cm³/mol. The quantitative estimate of drug-likeness (QED) is 0.179. The van der Waals surface area contributed by atoms with E-state index in [-0.39, 0.29) is 13.1 Å². The zero-order chi connectivity index (χ0) is 34.2. The lowest BCUT2D eigenvalue weighted by molar-refractivity contribution is -0.189. The number of ether oxygens (including phenoxy) is 4. The van der Waals surface area contributed by atoms with Crippen molar-refractivity contribution in [3.05, 3.63) is 120 Å². The standard InChI is InChI=1S/C38H38N2O8/c1-39(23-25-15-19-29(20-16-25)47-27-11-7-5-8-12-27)35(41)31-33(37(43)45-3)32(34(31)38(44)46-4)36(42)40(2)24-26-17-21-30(22-18-26)48-28-13-9-6-10-14-28/h5-22,31-34H,23-24H2,1-4H3. The van der Waals surface area contributed by atoms with E-state index in [1.807, 2.05) is 84.9 Å². The Morgan fingerprint density at radius 1 is 0.479 bits per heavy atom. The summed E-state index contributed by atoms with van der Waals surface area (Å²) in [6.07, 6.45) is 0. The molecule has 1 aliphatic rings. The van der Waals surface area contributed by atoms with E-state index >= 15 is 0 Å². The van der Waals surface area contributed by atoms with E-state index < -0.39 is 47.4 Å². The Morgan fingerprint density at radius 3 is 1.10 bits per heavy atom. The van der Waals surface area contributed by atoms with Crippen molar-refractivity contribution in [3.63, 3.8) is 0 Å². The Labute approximate surface area is 279 Å². The number of esters is 2. The highest BCUT2D eigenvalue weighted by Gasteiger charge is 2.65. The highest BCUT2D eigenvalue weighted by molar-refractivity contribution is 6.00. The van der Waals surface area contributed by atoms with Gasteiger partial charge in [0, 0.05) is 27.2 Å². The van der Waals surface area contributed by atoms with Crippen LogP contribution in [0.3, 0.4) is 0 Å². The topological polar surface area (TPSA) is 112 Å². The highest BCUT2D eigenvalue weighted by Crippen LogP contribution is 2.49. The maximum absolute atomic E-state index is 13.8. The van der Waals surface area contributed by atoms with Crippen LogP contribution < -0.4 is 9.47 Å². The average molecular weight is 651 g/mol. The molecule has 0 aromatic heterocycles. The molecule has 4 aromatic carbocycles. The van der Waals surface area contributed by atoms with Crippen LogP contribution in [0, 0.1) is 23.7 Å². The number of para-hydroxylation sites is 2. The van der Waals surface area contributed by atoms with Crippen LogP contribution in [0.1, 0.15) is 11.1 Å². The van der Waals surface area contributed by atoms with Gasteiger partial charge in [-0.15, -0.1) is 0 Å². The van der Waals surface area contributed by atoms with Gasteiger partial charge < -0.3 is 28.7 Å². The van der Waals surface area contributed by atoms with E-state index in [4.69, 9.17) is 18.9 Å². The van der Waals surface area contributed by atoms with Gasteiger partial charge in [0.2, 0.25) is 11.8 Å². The SMILES string of the molecule is COC(=O)C1C(C(=O)N(C)Cc2ccc(Oc3ccccc3)cc2)C(C(=O)OC)C1C(=O)N(C)Cc1ccc(Oc2ccccc2)cc1. The third-order valence-corrected chi connectivity index (χ3v) is 8.46. The summed E-state index contributed by atoms with van der Waals surface area (Å²) >= 11 is 0. The molecule has 0 unspecified atom stereocenters.